The molecule has 2 amide bonds. The highest BCUT2D eigenvalue weighted by Gasteiger charge is 2.37. The van der Waals surface area contributed by atoms with E-state index in [0.717, 1.165) is 11.3 Å². The molecule has 182 valence electrons. The monoisotopic (exact) mass is 520 g/mol. The Morgan fingerprint density at radius 1 is 0.972 bits per heavy atom. The Hall–Kier alpha value is -3.61. The van der Waals surface area contributed by atoms with Crippen molar-refractivity contribution in [2.75, 3.05) is 16.8 Å². The molecule has 2 aliphatic rings. The number of halogens is 2. The fourth-order valence-electron chi connectivity index (χ4n) is 4.98. The van der Waals surface area contributed by atoms with E-state index in [-0.39, 0.29) is 23.3 Å². The molecular weight excluding hydrogens is 499 g/mol. The lowest BCUT2D eigenvalue weighted by Gasteiger charge is -2.24. The molecule has 3 aromatic rings. The number of hydrogen-bond acceptors (Lipinski definition) is 3. The number of benzene rings is 3. The van der Waals surface area contributed by atoms with E-state index in [1.807, 2.05) is 30.3 Å². The van der Waals surface area contributed by atoms with Crippen molar-refractivity contribution in [3.8, 4) is 0 Å². The van der Waals surface area contributed by atoms with Gasteiger partial charge in [0.05, 0.1) is 10.6 Å². The number of nitrogens with zero attached hydrogens (tertiary/aromatic N) is 1. The average Bonchev–Trinajstić information content (AvgIpc) is 3.24. The zero-order chi connectivity index (χ0) is 25.4. The number of amides is 2. The van der Waals surface area contributed by atoms with Gasteiger partial charge < -0.3 is 15.3 Å². The molecule has 1 aliphatic carbocycles. The number of aliphatic carboxylic acids is 1. The second-order valence-corrected chi connectivity index (χ2v) is 9.79. The fourth-order valence-corrected chi connectivity index (χ4v) is 5.35. The number of carbonyl (C=O) groups is 3. The largest absolute Gasteiger partial charge is 0.478 e. The third-order valence-corrected chi connectivity index (χ3v) is 7.33. The van der Waals surface area contributed by atoms with Crippen molar-refractivity contribution in [1.82, 2.24) is 0 Å². The van der Waals surface area contributed by atoms with Gasteiger partial charge in [-0.3, -0.25) is 9.59 Å². The topological polar surface area (TPSA) is 86.7 Å². The molecule has 0 spiro atoms. The second-order valence-electron chi connectivity index (χ2n) is 8.95. The first kappa shape index (κ1) is 24.1. The van der Waals surface area contributed by atoms with Crippen LogP contribution in [0.1, 0.15) is 45.0 Å². The minimum atomic E-state index is -0.877. The molecule has 1 heterocycles. The van der Waals surface area contributed by atoms with Crippen LogP contribution in [-0.2, 0) is 4.79 Å². The predicted octanol–water partition coefficient (Wildman–Crippen LogP) is 6.41. The summed E-state index contributed by atoms with van der Waals surface area (Å²) < 4.78 is 0. The van der Waals surface area contributed by atoms with Crippen LogP contribution in [0, 0.1) is 5.92 Å². The molecule has 0 saturated carbocycles. The van der Waals surface area contributed by atoms with Crippen LogP contribution < -0.4 is 10.2 Å². The maximum atomic E-state index is 13.5. The zero-order valence-corrected chi connectivity index (χ0v) is 20.6. The summed E-state index contributed by atoms with van der Waals surface area (Å²) in [5.41, 5.74) is 3.47. The quantitative estimate of drug-likeness (QED) is 0.416. The van der Waals surface area contributed by atoms with Crippen LogP contribution in [0.3, 0.4) is 0 Å². The van der Waals surface area contributed by atoms with Crippen molar-refractivity contribution >= 4 is 52.4 Å². The van der Waals surface area contributed by atoms with Gasteiger partial charge in [-0.15, -0.1) is 0 Å². The molecule has 6 nitrogen and oxygen atoms in total. The molecule has 1 unspecified atom stereocenters. The van der Waals surface area contributed by atoms with Crippen molar-refractivity contribution < 1.29 is 19.5 Å². The van der Waals surface area contributed by atoms with Crippen LogP contribution >= 0.6 is 23.2 Å². The molecule has 8 heteroatoms. The number of fused-ring (bicyclic) bond motifs is 3. The normalized spacial score (nSPS) is 18.5. The van der Waals surface area contributed by atoms with Crippen LogP contribution in [0.15, 0.2) is 78.4 Å². The number of nitrogens with one attached hydrogen (secondary N) is 1. The van der Waals surface area contributed by atoms with Crippen LogP contribution in [-0.4, -0.2) is 29.4 Å². The third kappa shape index (κ3) is 4.62. The Balaban J connectivity index is 1.37. The Morgan fingerprint density at radius 3 is 2.47 bits per heavy atom. The minimum Gasteiger partial charge on any atom is -0.478 e. The van der Waals surface area contributed by atoms with Gasteiger partial charge in [-0.05, 0) is 72.9 Å². The molecule has 0 saturated heterocycles. The van der Waals surface area contributed by atoms with Crippen molar-refractivity contribution in [1.29, 1.82) is 0 Å². The van der Waals surface area contributed by atoms with Gasteiger partial charge in [0.2, 0.25) is 0 Å². The summed E-state index contributed by atoms with van der Waals surface area (Å²) in [6, 6.07) is 19.0. The summed E-state index contributed by atoms with van der Waals surface area (Å²) in [5.74, 6) is -1.31. The first-order valence-electron chi connectivity index (χ1n) is 11.5. The minimum absolute atomic E-state index is 0.0268. The van der Waals surface area contributed by atoms with Crippen molar-refractivity contribution in [3.63, 3.8) is 0 Å². The zero-order valence-electron chi connectivity index (χ0n) is 19.1. The summed E-state index contributed by atoms with van der Waals surface area (Å²) in [6.07, 6.45) is 3.04. The number of para-hydroxylation sites is 1. The number of anilines is 2. The summed E-state index contributed by atoms with van der Waals surface area (Å²) in [4.78, 5) is 39.5. The van der Waals surface area contributed by atoms with E-state index in [9.17, 15) is 19.5 Å². The Morgan fingerprint density at radius 2 is 1.72 bits per heavy atom. The standard InChI is InChI=1S/C28H22Cl2N2O4/c29-19-7-10-24(30)23(15-19)26(33)31-20-8-5-16(6-9-20)27(34)32-12-11-17-13-18(28(35)36)14-22(17)21-3-1-2-4-25(21)32/h1-10,14-15,17,22H,11-13H2,(H,31,33)(H,35,36)/t17?,22-/m0/s1. The van der Waals surface area contributed by atoms with E-state index in [1.54, 1.807) is 41.3 Å². The highest BCUT2D eigenvalue weighted by molar-refractivity contribution is 6.36. The van der Waals surface area contributed by atoms with Gasteiger partial charge >= 0.3 is 5.97 Å². The van der Waals surface area contributed by atoms with E-state index in [0.29, 0.717) is 46.3 Å². The van der Waals surface area contributed by atoms with Gasteiger partial charge in [0.1, 0.15) is 0 Å². The smallest absolute Gasteiger partial charge is 0.331 e. The number of hydrogen-bond donors (Lipinski definition) is 2. The molecule has 2 atom stereocenters. The Bertz CT molecular complexity index is 1400. The van der Waals surface area contributed by atoms with Gasteiger partial charge in [0, 0.05) is 40.0 Å². The molecule has 0 bridgehead atoms. The first-order valence-corrected chi connectivity index (χ1v) is 12.3. The van der Waals surface area contributed by atoms with Crippen LogP contribution in [0.2, 0.25) is 10.0 Å². The first-order chi connectivity index (χ1) is 17.3. The van der Waals surface area contributed by atoms with Crippen molar-refractivity contribution in [3.05, 3.63) is 105 Å². The Kier molecular flexibility index (Phi) is 6.56. The lowest BCUT2D eigenvalue weighted by Crippen LogP contribution is -2.32. The number of carboxylic acid groups (broad SMARTS) is 1. The van der Waals surface area contributed by atoms with Crippen molar-refractivity contribution in [2.24, 2.45) is 5.92 Å². The molecule has 2 N–H and O–H groups in total. The van der Waals surface area contributed by atoms with Gasteiger partial charge in [-0.25, -0.2) is 4.79 Å². The molecule has 3 aromatic carbocycles. The molecule has 36 heavy (non-hydrogen) atoms. The maximum Gasteiger partial charge on any atom is 0.331 e. The predicted molar refractivity (Wildman–Crippen MR) is 140 cm³/mol. The molecule has 5 rings (SSSR count). The molecule has 0 radical (unpaired) electrons. The van der Waals surface area contributed by atoms with Crippen LogP contribution in [0.5, 0.6) is 0 Å². The number of carboxylic acids is 1. The third-order valence-electron chi connectivity index (χ3n) is 6.76. The van der Waals surface area contributed by atoms with Gasteiger partial charge in [-0.1, -0.05) is 47.5 Å². The molecule has 0 fully saturated rings. The summed E-state index contributed by atoms with van der Waals surface area (Å²) in [7, 11) is 0. The lowest BCUT2D eigenvalue weighted by molar-refractivity contribution is -0.132. The second kappa shape index (κ2) is 9.80. The molecular formula is C28H22Cl2N2O4. The summed E-state index contributed by atoms with van der Waals surface area (Å²) in [6.45, 7) is 0.490. The summed E-state index contributed by atoms with van der Waals surface area (Å²) >= 11 is 12.1. The summed E-state index contributed by atoms with van der Waals surface area (Å²) in [5, 5.41) is 12.9. The number of rotatable bonds is 4. The van der Waals surface area contributed by atoms with Gasteiger partial charge in [0.15, 0.2) is 0 Å². The Labute approximate surface area is 218 Å². The van der Waals surface area contributed by atoms with E-state index < -0.39 is 11.9 Å². The number of carbonyl (C=O) groups excluding carboxylic acids is 2. The SMILES string of the molecule is O=C(O)C1=C[C@@H]2c3ccccc3N(C(=O)c3ccc(NC(=O)c4cc(Cl)ccc4Cl)cc3)CCC2C1. The molecule has 0 aromatic heterocycles. The van der Waals surface area contributed by atoms with E-state index in [4.69, 9.17) is 23.2 Å². The number of allylic oxidation sites excluding steroid dienone is 1. The van der Waals surface area contributed by atoms with Gasteiger partial charge in [0.25, 0.3) is 11.8 Å². The fraction of sp³-hybridized carbons (Fsp3) is 0.179. The van der Waals surface area contributed by atoms with Crippen LogP contribution in [0.25, 0.3) is 0 Å². The van der Waals surface area contributed by atoms with E-state index >= 15 is 0 Å². The highest BCUT2D eigenvalue weighted by atomic mass is 35.5. The average molecular weight is 521 g/mol. The van der Waals surface area contributed by atoms with Gasteiger partial charge in [-0.2, -0.15) is 0 Å². The van der Waals surface area contributed by atoms with Crippen molar-refractivity contribution in [2.45, 2.75) is 18.8 Å². The van der Waals surface area contributed by atoms with Crippen LogP contribution in [0.4, 0.5) is 11.4 Å². The van der Waals surface area contributed by atoms with E-state index in [1.165, 1.54) is 6.07 Å². The maximum absolute atomic E-state index is 13.5. The lowest BCUT2D eigenvalue weighted by atomic mass is 9.87. The van der Waals surface area contributed by atoms with E-state index in [2.05, 4.69) is 5.32 Å². The highest BCUT2D eigenvalue weighted by Crippen LogP contribution is 2.46. The molecule has 1 aliphatic heterocycles.